The molecule has 0 fully saturated rings. The zero-order valence-corrected chi connectivity index (χ0v) is 8.54. The lowest BCUT2D eigenvalue weighted by atomic mass is 10.00. The Morgan fingerprint density at radius 1 is 0.857 bits per heavy atom. The van der Waals surface area contributed by atoms with Crippen LogP contribution >= 0.6 is 0 Å². The van der Waals surface area contributed by atoms with Crippen molar-refractivity contribution in [1.29, 1.82) is 0 Å². The zero-order valence-electron chi connectivity index (χ0n) is 8.54. The molecule has 0 bridgehead atoms. The third kappa shape index (κ3) is 3.60. The second-order valence-electron chi connectivity index (χ2n) is 3.07. The molecule has 14 heavy (non-hydrogen) atoms. The number of carbonyl (C=O) groups is 2. The molecule has 0 atom stereocenters. The van der Waals surface area contributed by atoms with Gasteiger partial charge in [-0.15, -0.1) is 0 Å². The lowest BCUT2D eigenvalue weighted by Crippen LogP contribution is -2.11. The molecule has 0 unspecified atom stereocenters. The maximum Gasteiger partial charge on any atom is 0.332 e. The molecule has 0 aromatic carbocycles. The van der Waals surface area contributed by atoms with Gasteiger partial charge in [0.2, 0.25) is 0 Å². The minimum absolute atomic E-state index is 0.0434. The molecule has 0 radical (unpaired) electrons. The van der Waals surface area contributed by atoms with Gasteiger partial charge < -0.3 is 10.2 Å². The summed E-state index contributed by atoms with van der Waals surface area (Å²) in [6.45, 7) is 3.66. The van der Waals surface area contributed by atoms with Crippen LogP contribution in [0.5, 0.6) is 0 Å². The maximum absolute atomic E-state index is 10.8. The van der Waals surface area contributed by atoms with Crippen molar-refractivity contribution in [2.45, 2.75) is 39.5 Å². The molecule has 0 spiro atoms. The number of aliphatic carboxylic acids is 2. The van der Waals surface area contributed by atoms with Crippen LogP contribution in [0, 0.1) is 0 Å². The van der Waals surface area contributed by atoms with Gasteiger partial charge in [0.15, 0.2) is 0 Å². The Hall–Kier alpha value is -1.32. The Labute approximate surface area is 83.2 Å². The highest BCUT2D eigenvalue weighted by Gasteiger charge is 2.18. The monoisotopic (exact) mass is 200 g/mol. The van der Waals surface area contributed by atoms with Crippen molar-refractivity contribution in [3.8, 4) is 0 Å². The molecule has 0 aromatic rings. The molecule has 0 saturated heterocycles. The highest BCUT2D eigenvalue weighted by molar-refractivity contribution is 5.98. The molecule has 2 N–H and O–H groups in total. The summed E-state index contributed by atoms with van der Waals surface area (Å²) in [5.74, 6) is -2.23. The van der Waals surface area contributed by atoms with Gasteiger partial charge in [-0.1, -0.05) is 26.7 Å². The average molecular weight is 200 g/mol. The minimum Gasteiger partial charge on any atom is -0.478 e. The van der Waals surface area contributed by atoms with Gasteiger partial charge in [-0.3, -0.25) is 0 Å². The van der Waals surface area contributed by atoms with Gasteiger partial charge in [-0.25, -0.2) is 9.59 Å². The van der Waals surface area contributed by atoms with Crippen LogP contribution in [-0.4, -0.2) is 22.2 Å². The third-order valence-corrected chi connectivity index (χ3v) is 1.88. The first-order chi connectivity index (χ1) is 6.54. The van der Waals surface area contributed by atoms with Crippen molar-refractivity contribution >= 4 is 11.9 Å². The maximum atomic E-state index is 10.8. The van der Waals surface area contributed by atoms with E-state index in [0.717, 1.165) is 0 Å². The molecule has 0 aliphatic rings. The van der Waals surface area contributed by atoms with Crippen LogP contribution in [0.25, 0.3) is 0 Å². The van der Waals surface area contributed by atoms with Crippen LogP contribution in [-0.2, 0) is 9.59 Å². The summed E-state index contributed by atoms with van der Waals surface area (Å²) >= 11 is 0. The van der Waals surface area contributed by atoms with E-state index < -0.39 is 11.9 Å². The first-order valence-corrected chi connectivity index (χ1v) is 4.73. The van der Waals surface area contributed by atoms with E-state index in [2.05, 4.69) is 0 Å². The highest BCUT2D eigenvalue weighted by atomic mass is 16.4. The summed E-state index contributed by atoms with van der Waals surface area (Å²) in [6, 6.07) is 0. The molecule has 0 rings (SSSR count). The van der Waals surface area contributed by atoms with Gasteiger partial charge in [0, 0.05) is 11.1 Å². The van der Waals surface area contributed by atoms with Gasteiger partial charge in [0.05, 0.1) is 0 Å². The summed E-state index contributed by atoms with van der Waals surface area (Å²) in [5, 5.41) is 17.7. The van der Waals surface area contributed by atoms with Gasteiger partial charge >= 0.3 is 11.9 Å². The topological polar surface area (TPSA) is 74.6 Å². The molecule has 0 aromatic heterocycles. The Morgan fingerprint density at radius 2 is 1.14 bits per heavy atom. The normalized spacial score (nSPS) is 12.1. The third-order valence-electron chi connectivity index (χ3n) is 1.88. The Morgan fingerprint density at radius 3 is 1.29 bits per heavy atom. The molecule has 80 valence electrons. The van der Waals surface area contributed by atoms with E-state index in [1.165, 1.54) is 0 Å². The SMILES string of the molecule is CCC/C(C(=O)O)=C(\CCC)C(=O)O. The smallest absolute Gasteiger partial charge is 0.332 e. The molecule has 0 saturated carbocycles. The van der Waals surface area contributed by atoms with Crippen molar-refractivity contribution in [1.82, 2.24) is 0 Å². The standard InChI is InChI=1S/C10H16O4/c1-3-5-7(9(11)12)8(6-4-2)10(13)14/h3-6H2,1-2H3,(H,11,12)(H,13,14)/b8-7-. The minimum atomic E-state index is -1.11. The Balaban J connectivity index is 5.03. The molecular formula is C10H16O4. The second-order valence-corrected chi connectivity index (χ2v) is 3.07. The first-order valence-electron chi connectivity index (χ1n) is 4.73. The number of rotatable bonds is 6. The molecule has 0 heterocycles. The second kappa shape index (κ2) is 6.18. The van der Waals surface area contributed by atoms with Crippen LogP contribution in [0.3, 0.4) is 0 Å². The summed E-state index contributed by atoms with van der Waals surface area (Å²) in [5.41, 5.74) is 0.0868. The van der Waals surface area contributed by atoms with Gasteiger partial charge in [0.1, 0.15) is 0 Å². The molecule has 4 nitrogen and oxygen atoms in total. The fourth-order valence-electron chi connectivity index (χ4n) is 1.27. The van der Waals surface area contributed by atoms with Crippen molar-refractivity contribution in [2.24, 2.45) is 0 Å². The van der Waals surface area contributed by atoms with E-state index in [4.69, 9.17) is 10.2 Å². The fraction of sp³-hybridized carbons (Fsp3) is 0.600. The summed E-state index contributed by atoms with van der Waals surface area (Å²) < 4.78 is 0. The largest absolute Gasteiger partial charge is 0.478 e. The summed E-state index contributed by atoms with van der Waals surface area (Å²) in [4.78, 5) is 21.6. The number of carboxylic acid groups (broad SMARTS) is 2. The van der Waals surface area contributed by atoms with E-state index in [1.807, 2.05) is 13.8 Å². The first kappa shape index (κ1) is 12.7. The van der Waals surface area contributed by atoms with Crippen LogP contribution in [0.15, 0.2) is 11.1 Å². The molecule has 4 heteroatoms. The van der Waals surface area contributed by atoms with Crippen molar-refractivity contribution in [3.63, 3.8) is 0 Å². The summed E-state index contributed by atoms with van der Waals surface area (Å²) in [7, 11) is 0. The van der Waals surface area contributed by atoms with Crippen LogP contribution in [0.4, 0.5) is 0 Å². The molecule has 0 aliphatic heterocycles. The van der Waals surface area contributed by atoms with Crippen molar-refractivity contribution in [3.05, 3.63) is 11.1 Å². The predicted molar refractivity (Wildman–Crippen MR) is 52.1 cm³/mol. The van der Waals surface area contributed by atoms with Crippen molar-refractivity contribution < 1.29 is 19.8 Å². The lowest BCUT2D eigenvalue weighted by molar-refractivity contribution is -0.136. The van der Waals surface area contributed by atoms with Crippen molar-refractivity contribution in [2.75, 3.05) is 0 Å². The fourth-order valence-corrected chi connectivity index (χ4v) is 1.27. The Bertz CT molecular complexity index is 227. The lowest BCUT2D eigenvalue weighted by Gasteiger charge is -2.06. The zero-order chi connectivity index (χ0) is 11.1. The average Bonchev–Trinajstić information content (AvgIpc) is 2.10. The molecule has 0 amide bonds. The molecular weight excluding hydrogens is 184 g/mol. The Kier molecular flexibility index (Phi) is 5.60. The van der Waals surface area contributed by atoms with E-state index >= 15 is 0 Å². The van der Waals surface area contributed by atoms with E-state index in [9.17, 15) is 9.59 Å². The van der Waals surface area contributed by atoms with E-state index in [0.29, 0.717) is 25.7 Å². The van der Waals surface area contributed by atoms with Crippen LogP contribution in [0.2, 0.25) is 0 Å². The summed E-state index contributed by atoms with van der Waals surface area (Å²) in [6.07, 6.45) is 1.91. The number of carboxylic acids is 2. The van der Waals surface area contributed by atoms with Gasteiger partial charge in [-0.05, 0) is 12.8 Å². The van der Waals surface area contributed by atoms with Gasteiger partial charge in [0.25, 0.3) is 0 Å². The number of hydrogen-bond acceptors (Lipinski definition) is 2. The van der Waals surface area contributed by atoms with Crippen LogP contribution < -0.4 is 0 Å². The quantitative estimate of drug-likeness (QED) is 0.643. The highest BCUT2D eigenvalue weighted by Crippen LogP contribution is 2.16. The number of hydrogen-bond donors (Lipinski definition) is 2. The predicted octanol–water partition coefficient (Wildman–Crippen LogP) is 2.05. The van der Waals surface area contributed by atoms with E-state index in [-0.39, 0.29) is 11.1 Å². The molecule has 0 aliphatic carbocycles. The van der Waals surface area contributed by atoms with Crippen LogP contribution in [0.1, 0.15) is 39.5 Å². The van der Waals surface area contributed by atoms with E-state index in [1.54, 1.807) is 0 Å². The van der Waals surface area contributed by atoms with Gasteiger partial charge in [-0.2, -0.15) is 0 Å².